The van der Waals surface area contributed by atoms with Crippen molar-refractivity contribution in [3.8, 4) is 11.3 Å². The summed E-state index contributed by atoms with van der Waals surface area (Å²) < 4.78 is 1.97. The van der Waals surface area contributed by atoms with E-state index in [2.05, 4.69) is 40.4 Å². The summed E-state index contributed by atoms with van der Waals surface area (Å²) in [6, 6.07) is 0.361. The first-order valence-electron chi connectivity index (χ1n) is 7.32. The van der Waals surface area contributed by atoms with Gasteiger partial charge in [0.05, 0.1) is 17.6 Å². The normalized spacial score (nSPS) is 19.4. The molecule has 0 aromatic carbocycles. The summed E-state index contributed by atoms with van der Waals surface area (Å²) in [6.07, 6.45) is 9.89. The van der Waals surface area contributed by atoms with Crippen molar-refractivity contribution in [3.05, 3.63) is 30.5 Å². The van der Waals surface area contributed by atoms with Crippen molar-refractivity contribution in [3.63, 3.8) is 0 Å². The molecule has 20 heavy (non-hydrogen) atoms. The molecule has 5 heteroatoms. The van der Waals surface area contributed by atoms with E-state index >= 15 is 0 Å². The SMILES string of the molecule is CC(C)n1cc(-c2nccnc2[C@@H]2CCCNC2)cn1. The first-order valence-corrected chi connectivity index (χ1v) is 7.32. The van der Waals surface area contributed by atoms with E-state index in [0.717, 1.165) is 30.0 Å². The Kier molecular flexibility index (Phi) is 3.78. The van der Waals surface area contributed by atoms with E-state index in [4.69, 9.17) is 0 Å². The standard InChI is InChI=1S/C15H21N5/c1-11(2)20-10-13(9-19-20)15-14(17-6-7-18-15)12-4-3-5-16-8-12/h6-7,9-12,16H,3-5,8H2,1-2H3/t12-/m1/s1. The number of piperidine rings is 1. The van der Waals surface area contributed by atoms with Crippen LogP contribution >= 0.6 is 0 Å². The first-order chi connectivity index (χ1) is 9.75. The van der Waals surface area contributed by atoms with Crippen LogP contribution in [0.25, 0.3) is 11.3 Å². The third-order valence-electron chi connectivity index (χ3n) is 3.81. The lowest BCUT2D eigenvalue weighted by molar-refractivity contribution is 0.454. The van der Waals surface area contributed by atoms with Crippen LogP contribution < -0.4 is 5.32 Å². The molecule has 5 nitrogen and oxygen atoms in total. The summed E-state index contributed by atoms with van der Waals surface area (Å²) in [5.41, 5.74) is 3.14. The van der Waals surface area contributed by atoms with Gasteiger partial charge in [-0.3, -0.25) is 14.6 Å². The molecule has 1 aliphatic rings. The minimum absolute atomic E-state index is 0.361. The van der Waals surface area contributed by atoms with Gasteiger partial charge in [0, 0.05) is 42.7 Å². The van der Waals surface area contributed by atoms with E-state index in [0.29, 0.717) is 12.0 Å². The van der Waals surface area contributed by atoms with Crippen LogP contribution in [-0.4, -0.2) is 32.8 Å². The summed E-state index contributed by atoms with van der Waals surface area (Å²) in [5.74, 6) is 0.454. The minimum Gasteiger partial charge on any atom is -0.316 e. The fourth-order valence-corrected chi connectivity index (χ4v) is 2.70. The lowest BCUT2D eigenvalue weighted by atomic mass is 9.93. The minimum atomic E-state index is 0.361. The average molecular weight is 271 g/mol. The first kappa shape index (κ1) is 13.2. The van der Waals surface area contributed by atoms with E-state index in [-0.39, 0.29) is 0 Å². The van der Waals surface area contributed by atoms with Crippen LogP contribution in [0, 0.1) is 0 Å². The van der Waals surface area contributed by atoms with Crippen molar-refractivity contribution < 1.29 is 0 Å². The summed E-state index contributed by atoms with van der Waals surface area (Å²) >= 11 is 0. The molecule has 3 heterocycles. The number of hydrogen-bond donors (Lipinski definition) is 1. The number of nitrogens with one attached hydrogen (secondary N) is 1. The lowest BCUT2D eigenvalue weighted by Crippen LogP contribution is -2.29. The summed E-state index contributed by atoms with van der Waals surface area (Å²) in [7, 11) is 0. The molecule has 1 fully saturated rings. The summed E-state index contributed by atoms with van der Waals surface area (Å²) in [5, 5.41) is 7.86. The number of rotatable bonds is 3. The monoisotopic (exact) mass is 271 g/mol. The van der Waals surface area contributed by atoms with E-state index in [9.17, 15) is 0 Å². The van der Waals surface area contributed by atoms with Crippen molar-refractivity contribution in [2.75, 3.05) is 13.1 Å². The third-order valence-corrected chi connectivity index (χ3v) is 3.81. The molecule has 2 aromatic heterocycles. The predicted octanol–water partition coefficient (Wildman–Crippen LogP) is 2.39. The van der Waals surface area contributed by atoms with Gasteiger partial charge in [-0.15, -0.1) is 0 Å². The highest BCUT2D eigenvalue weighted by molar-refractivity contribution is 5.60. The van der Waals surface area contributed by atoms with Crippen molar-refractivity contribution in [1.82, 2.24) is 25.1 Å². The molecule has 2 aromatic rings. The molecule has 0 saturated carbocycles. The Morgan fingerprint density at radius 2 is 2.15 bits per heavy atom. The van der Waals surface area contributed by atoms with Crippen LogP contribution in [0.4, 0.5) is 0 Å². The highest BCUT2D eigenvalue weighted by Crippen LogP contribution is 2.29. The van der Waals surface area contributed by atoms with Gasteiger partial charge >= 0.3 is 0 Å². The Morgan fingerprint density at radius 1 is 1.30 bits per heavy atom. The van der Waals surface area contributed by atoms with Gasteiger partial charge in [0.2, 0.25) is 0 Å². The summed E-state index contributed by atoms with van der Waals surface area (Å²) in [6.45, 7) is 6.35. The molecule has 3 rings (SSSR count). The van der Waals surface area contributed by atoms with Crippen LogP contribution in [0.5, 0.6) is 0 Å². The predicted molar refractivity (Wildman–Crippen MR) is 78.5 cm³/mol. The summed E-state index contributed by atoms with van der Waals surface area (Å²) in [4.78, 5) is 9.15. The Labute approximate surface area is 119 Å². The Balaban J connectivity index is 1.95. The molecule has 0 unspecified atom stereocenters. The van der Waals surface area contributed by atoms with E-state index in [1.165, 1.54) is 12.8 Å². The smallest absolute Gasteiger partial charge is 0.0952 e. The van der Waals surface area contributed by atoms with Crippen LogP contribution in [0.3, 0.4) is 0 Å². The van der Waals surface area contributed by atoms with Crippen LogP contribution in [0.2, 0.25) is 0 Å². The highest BCUT2D eigenvalue weighted by Gasteiger charge is 2.21. The van der Waals surface area contributed by atoms with Gasteiger partial charge in [-0.2, -0.15) is 5.10 Å². The molecule has 0 radical (unpaired) electrons. The number of aromatic nitrogens is 4. The molecule has 1 saturated heterocycles. The molecule has 1 aliphatic heterocycles. The number of nitrogens with zero attached hydrogens (tertiary/aromatic N) is 4. The van der Waals surface area contributed by atoms with Gasteiger partial charge in [0.25, 0.3) is 0 Å². The van der Waals surface area contributed by atoms with Crippen molar-refractivity contribution in [1.29, 1.82) is 0 Å². The molecule has 0 amide bonds. The maximum absolute atomic E-state index is 4.59. The zero-order chi connectivity index (χ0) is 13.9. The van der Waals surface area contributed by atoms with Crippen LogP contribution in [-0.2, 0) is 0 Å². The topological polar surface area (TPSA) is 55.6 Å². The molecule has 0 bridgehead atoms. The van der Waals surface area contributed by atoms with Crippen LogP contribution in [0.1, 0.15) is 44.3 Å². The maximum atomic E-state index is 4.59. The molecule has 1 N–H and O–H groups in total. The maximum Gasteiger partial charge on any atom is 0.0952 e. The third kappa shape index (κ3) is 2.58. The zero-order valence-corrected chi connectivity index (χ0v) is 12.1. The van der Waals surface area contributed by atoms with E-state index in [1.807, 2.05) is 10.9 Å². The zero-order valence-electron chi connectivity index (χ0n) is 12.1. The van der Waals surface area contributed by atoms with E-state index in [1.54, 1.807) is 12.4 Å². The quantitative estimate of drug-likeness (QED) is 0.931. The second-order valence-electron chi connectivity index (χ2n) is 5.64. The molecule has 1 atom stereocenters. The molecular weight excluding hydrogens is 250 g/mol. The van der Waals surface area contributed by atoms with Crippen molar-refractivity contribution in [2.45, 2.75) is 38.6 Å². The lowest BCUT2D eigenvalue weighted by Gasteiger charge is -2.23. The fourth-order valence-electron chi connectivity index (χ4n) is 2.70. The molecule has 0 aliphatic carbocycles. The largest absolute Gasteiger partial charge is 0.316 e. The van der Waals surface area contributed by atoms with Crippen molar-refractivity contribution >= 4 is 0 Å². The van der Waals surface area contributed by atoms with Gasteiger partial charge < -0.3 is 5.32 Å². The van der Waals surface area contributed by atoms with Gasteiger partial charge in [0.1, 0.15) is 0 Å². The molecule has 106 valence electrons. The van der Waals surface area contributed by atoms with Gasteiger partial charge in [-0.05, 0) is 33.2 Å². The highest BCUT2D eigenvalue weighted by atomic mass is 15.3. The molecule has 0 spiro atoms. The van der Waals surface area contributed by atoms with E-state index < -0.39 is 0 Å². The average Bonchev–Trinajstić information content (AvgIpc) is 2.98. The Morgan fingerprint density at radius 3 is 2.85 bits per heavy atom. The Hall–Kier alpha value is -1.75. The van der Waals surface area contributed by atoms with Gasteiger partial charge in [0.15, 0.2) is 0 Å². The Bertz CT molecular complexity index is 569. The number of hydrogen-bond acceptors (Lipinski definition) is 4. The second kappa shape index (κ2) is 5.71. The van der Waals surface area contributed by atoms with Gasteiger partial charge in [-0.25, -0.2) is 0 Å². The second-order valence-corrected chi connectivity index (χ2v) is 5.64. The van der Waals surface area contributed by atoms with Gasteiger partial charge in [-0.1, -0.05) is 0 Å². The van der Waals surface area contributed by atoms with Crippen LogP contribution in [0.15, 0.2) is 24.8 Å². The van der Waals surface area contributed by atoms with Crippen molar-refractivity contribution in [2.24, 2.45) is 0 Å². The fraction of sp³-hybridized carbons (Fsp3) is 0.533. The molecular formula is C15H21N5.